The number of para-hydroxylation sites is 1. The molecule has 3 aromatic rings. The highest BCUT2D eigenvalue weighted by atomic mass is 32.1. The summed E-state index contributed by atoms with van der Waals surface area (Å²) in [5, 5.41) is 7.63. The van der Waals surface area contributed by atoms with Crippen molar-refractivity contribution >= 4 is 24.4 Å². The molecule has 0 bridgehead atoms. The van der Waals surface area contributed by atoms with Gasteiger partial charge in [0.05, 0.1) is 17.1 Å². The summed E-state index contributed by atoms with van der Waals surface area (Å²) in [5.41, 5.74) is 6.43. The molecule has 0 saturated heterocycles. The number of rotatable bonds is 4. The number of amides is 1. The summed E-state index contributed by atoms with van der Waals surface area (Å²) < 4.78 is 1.76. The van der Waals surface area contributed by atoms with Crippen LogP contribution in [-0.4, -0.2) is 21.4 Å². The molecular weight excluding hydrogens is 330 g/mol. The summed E-state index contributed by atoms with van der Waals surface area (Å²) in [6.45, 7) is 6.28. The van der Waals surface area contributed by atoms with E-state index < -0.39 is 0 Å². The molecular formula is C20H21N3OS. The number of aryl methyl sites for hydroxylation is 3. The highest BCUT2D eigenvalue weighted by molar-refractivity contribution is 7.81. The van der Waals surface area contributed by atoms with E-state index >= 15 is 0 Å². The number of nitrogens with zero attached hydrogens (tertiary/aromatic N) is 2. The van der Waals surface area contributed by atoms with Crippen LogP contribution in [0.2, 0.25) is 0 Å². The maximum atomic E-state index is 11.8. The van der Waals surface area contributed by atoms with E-state index in [0.717, 1.165) is 22.5 Å². The number of hydrogen-bond acceptors (Lipinski definition) is 3. The molecule has 25 heavy (non-hydrogen) atoms. The van der Waals surface area contributed by atoms with Gasteiger partial charge >= 0.3 is 0 Å². The van der Waals surface area contributed by atoms with E-state index in [1.807, 2.05) is 36.4 Å². The van der Waals surface area contributed by atoms with Crippen LogP contribution >= 0.6 is 12.6 Å². The standard InChI is InChI=1S/C20H21N3OS/c1-13-9-15(3)17(10-14(13)2)18-11-19(21-20(24)12-25)23(22-18)16-7-5-4-6-8-16/h4-11,25H,12H2,1-3H3,(H,21,24). The molecule has 0 radical (unpaired) electrons. The van der Waals surface area contributed by atoms with Crippen LogP contribution in [-0.2, 0) is 4.79 Å². The lowest BCUT2D eigenvalue weighted by Gasteiger charge is -2.08. The number of anilines is 1. The highest BCUT2D eigenvalue weighted by Gasteiger charge is 2.15. The number of aromatic nitrogens is 2. The lowest BCUT2D eigenvalue weighted by Crippen LogP contribution is -2.15. The summed E-state index contributed by atoms with van der Waals surface area (Å²) in [5.74, 6) is 0.597. The van der Waals surface area contributed by atoms with Crippen LogP contribution in [0.3, 0.4) is 0 Å². The van der Waals surface area contributed by atoms with E-state index in [1.54, 1.807) is 4.68 Å². The zero-order valence-electron chi connectivity index (χ0n) is 14.6. The van der Waals surface area contributed by atoms with Crippen LogP contribution in [0.25, 0.3) is 16.9 Å². The molecule has 1 amide bonds. The summed E-state index contributed by atoms with van der Waals surface area (Å²) in [4.78, 5) is 11.8. The number of thiol groups is 1. The summed E-state index contributed by atoms with van der Waals surface area (Å²) in [6.07, 6.45) is 0. The summed E-state index contributed by atoms with van der Waals surface area (Å²) in [6, 6.07) is 16.0. The molecule has 0 aliphatic rings. The van der Waals surface area contributed by atoms with Gasteiger partial charge < -0.3 is 5.32 Å². The van der Waals surface area contributed by atoms with Crippen LogP contribution in [0.1, 0.15) is 16.7 Å². The number of carbonyl (C=O) groups is 1. The Kier molecular flexibility index (Phi) is 4.95. The van der Waals surface area contributed by atoms with Crippen molar-refractivity contribution in [2.24, 2.45) is 0 Å². The molecule has 0 unspecified atom stereocenters. The molecule has 2 aromatic carbocycles. The van der Waals surface area contributed by atoms with Crippen LogP contribution in [0.15, 0.2) is 48.5 Å². The normalized spacial score (nSPS) is 10.7. The van der Waals surface area contributed by atoms with Gasteiger partial charge in [0, 0.05) is 11.6 Å². The fourth-order valence-electron chi connectivity index (χ4n) is 2.79. The molecule has 0 aliphatic carbocycles. The lowest BCUT2D eigenvalue weighted by atomic mass is 9.99. The Labute approximate surface area is 153 Å². The minimum absolute atomic E-state index is 0.123. The van der Waals surface area contributed by atoms with Crippen LogP contribution < -0.4 is 5.32 Å². The van der Waals surface area contributed by atoms with Crippen molar-refractivity contribution in [2.45, 2.75) is 20.8 Å². The Morgan fingerprint density at radius 1 is 1.04 bits per heavy atom. The fourth-order valence-corrected chi connectivity index (χ4v) is 2.87. The van der Waals surface area contributed by atoms with E-state index in [2.05, 4.69) is 50.8 Å². The zero-order valence-corrected chi connectivity index (χ0v) is 15.5. The van der Waals surface area contributed by atoms with E-state index in [0.29, 0.717) is 5.82 Å². The molecule has 1 N–H and O–H groups in total. The third-order valence-corrected chi connectivity index (χ3v) is 4.53. The molecule has 0 aliphatic heterocycles. The molecule has 0 atom stereocenters. The number of nitrogens with one attached hydrogen (secondary N) is 1. The van der Waals surface area contributed by atoms with Gasteiger partial charge in [0.15, 0.2) is 0 Å². The van der Waals surface area contributed by atoms with Gasteiger partial charge in [0.25, 0.3) is 0 Å². The molecule has 4 nitrogen and oxygen atoms in total. The summed E-state index contributed by atoms with van der Waals surface area (Å²) in [7, 11) is 0. The van der Waals surface area contributed by atoms with Gasteiger partial charge in [-0.25, -0.2) is 4.68 Å². The molecule has 1 aromatic heterocycles. The topological polar surface area (TPSA) is 46.9 Å². The third-order valence-electron chi connectivity index (χ3n) is 4.24. The monoisotopic (exact) mass is 351 g/mol. The van der Waals surface area contributed by atoms with Gasteiger partial charge in [-0.15, -0.1) is 0 Å². The van der Waals surface area contributed by atoms with Crippen molar-refractivity contribution in [3.8, 4) is 16.9 Å². The third kappa shape index (κ3) is 3.61. The average molecular weight is 351 g/mol. The molecule has 128 valence electrons. The molecule has 0 saturated carbocycles. The van der Waals surface area contributed by atoms with Gasteiger partial charge in [0.2, 0.25) is 5.91 Å². The quantitative estimate of drug-likeness (QED) is 0.687. The number of benzene rings is 2. The van der Waals surface area contributed by atoms with E-state index in [4.69, 9.17) is 5.10 Å². The van der Waals surface area contributed by atoms with Crippen LogP contribution in [0, 0.1) is 20.8 Å². The maximum Gasteiger partial charge on any atom is 0.235 e. The van der Waals surface area contributed by atoms with Crippen molar-refractivity contribution in [3.05, 3.63) is 65.2 Å². The predicted molar refractivity (Wildman–Crippen MR) is 106 cm³/mol. The minimum Gasteiger partial charge on any atom is -0.310 e. The van der Waals surface area contributed by atoms with Gasteiger partial charge in [0.1, 0.15) is 5.82 Å². The Morgan fingerprint density at radius 2 is 1.72 bits per heavy atom. The summed E-state index contributed by atoms with van der Waals surface area (Å²) >= 11 is 4.04. The Bertz CT molecular complexity index is 916. The molecule has 0 spiro atoms. The van der Waals surface area contributed by atoms with E-state index in [-0.39, 0.29) is 11.7 Å². The average Bonchev–Trinajstić information content (AvgIpc) is 3.02. The second kappa shape index (κ2) is 7.15. The maximum absolute atomic E-state index is 11.8. The second-order valence-electron chi connectivity index (χ2n) is 6.12. The first kappa shape index (κ1) is 17.3. The zero-order chi connectivity index (χ0) is 18.0. The smallest absolute Gasteiger partial charge is 0.235 e. The molecule has 5 heteroatoms. The van der Waals surface area contributed by atoms with E-state index in [1.165, 1.54) is 11.1 Å². The van der Waals surface area contributed by atoms with Crippen LogP contribution in [0.4, 0.5) is 5.82 Å². The SMILES string of the molecule is Cc1cc(C)c(-c2cc(NC(=O)CS)n(-c3ccccc3)n2)cc1C. The predicted octanol–water partition coefficient (Wildman–Crippen LogP) is 4.33. The largest absolute Gasteiger partial charge is 0.310 e. The van der Waals surface area contributed by atoms with Gasteiger partial charge in [-0.3, -0.25) is 4.79 Å². The number of carbonyl (C=O) groups excluding carboxylic acids is 1. The molecule has 0 fully saturated rings. The Morgan fingerprint density at radius 3 is 2.40 bits per heavy atom. The Hall–Kier alpha value is -2.53. The number of hydrogen-bond donors (Lipinski definition) is 2. The van der Waals surface area contributed by atoms with Gasteiger partial charge in [-0.05, 0) is 55.7 Å². The molecule has 3 rings (SSSR count). The van der Waals surface area contributed by atoms with E-state index in [9.17, 15) is 4.79 Å². The van der Waals surface area contributed by atoms with Crippen molar-refractivity contribution in [2.75, 3.05) is 11.1 Å². The second-order valence-corrected chi connectivity index (χ2v) is 6.44. The minimum atomic E-state index is -0.163. The Balaban J connectivity index is 2.13. The highest BCUT2D eigenvalue weighted by Crippen LogP contribution is 2.29. The van der Waals surface area contributed by atoms with Gasteiger partial charge in [-0.1, -0.05) is 24.3 Å². The lowest BCUT2D eigenvalue weighted by molar-refractivity contribution is -0.113. The van der Waals surface area contributed by atoms with Gasteiger partial charge in [-0.2, -0.15) is 17.7 Å². The first-order valence-electron chi connectivity index (χ1n) is 8.14. The van der Waals surface area contributed by atoms with Crippen molar-refractivity contribution in [1.82, 2.24) is 9.78 Å². The molecule has 1 heterocycles. The first-order valence-corrected chi connectivity index (χ1v) is 8.77. The fraction of sp³-hybridized carbons (Fsp3) is 0.200. The van der Waals surface area contributed by atoms with Crippen molar-refractivity contribution in [3.63, 3.8) is 0 Å². The van der Waals surface area contributed by atoms with Crippen LogP contribution in [0.5, 0.6) is 0 Å². The van der Waals surface area contributed by atoms with Crippen molar-refractivity contribution in [1.29, 1.82) is 0 Å². The van der Waals surface area contributed by atoms with Crippen molar-refractivity contribution < 1.29 is 4.79 Å². The first-order chi connectivity index (χ1) is 12.0.